The lowest BCUT2D eigenvalue weighted by atomic mass is 9.95. The van der Waals surface area contributed by atoms with Gasteiger partial charge in [-0.05, 0) is 56.5 Å². The molecule has 0 bridgehead atoms. The van der Waals surface area contributed by atoms with Crippen molar-refractivity contribution in [1.82, 2.24) is 39.7 Å². The van der Waals surface area contributed by atoms with Gasteiger partial charge in [-0.2, -0.15) is 32.1 Å². The monoisotopic (exact) mass is 712 g/mol. The molecule has 5 rings (SSSR count). The normalized spacial score (nSPS) is 14.5. The maximum atomic E-state index is 14.9. The zero-order valence-corrected chi connectivity index (χ0v) is 26.2. The minimum atomic E-state index is -4.76. The van der Waals surface area contributed by atoms with E-state index < -0.39 is 47.6 Å². The van der Waals surface area contributed by atoms with Gasteiger partial charge in [-0.15, -0.1) is 0 Å². The summed E-state index contributed by atoms with van der Waals surface area (Å²) in [6.07, 6.45) is 0.0594. The van der Waals surface area contributed by atoms with Crippen LogP contribution in [-0.2, 0) is 30.4 Å². The van der Waals surface area contributed by atoms with Crippen molar-refractivity contribution in [2.45, 2.75) is 64.5 Å². The number of benzene rings is 1. The van der Waals surface area contributed by atoms with E-state index in [1.165, 1.54) is 18.5 Å². The van der Waals surface area contributed by atoms with Crippen LogP contribution in [0.2, 0.25) is 0 Å². The lowest BCUT2D eigenvalue weighted by Gasteiger charge is -2.37. The van der Waals surface area contributed by atoms with Crippen molar-refractivity contribution in [2.24, 2.45) is 0 Å². The Kier molecular flexibility index (Phi) is 8.99. The Bertz CT molecular complexity index is 1770. The molecule has 46 heavy (non-hydrogen) atoms. The highest BCUT2D eigenvalue weighted by molar-refractivity contribution is 9.10. The van der Waals surface area contributed by atoms with E-state index in [1.54, 1.807) is 20.8 Å². The Hall–Kier alpha value is -4.28. The van der Waals surface area contributed by atoms with E-state index in [9.17, 15) is 35.9 Å². The molecule has 0 radical (unpaired) electrons. The maximum Gasteiger partial charge on any atom is 0.435 e. The van der Waals surface area contributed by atoms with Crippen LogP contribution >= 0.6 is 15.9 Å². The van der Waals surface area contributed by atoms with E-state index >= 15 is 0 Å². The molecule has 0 spiro atoms. The summed E-state index contributed by atoms with van der Waals surface area (Å²) in [5.74, 6) is -1.90. The summed E-state index contributed by atoms with van der Waals surface area (Å²) in [7, 11) is 0. The quantitative estimate of drug-likeness (QED) is 0.234. The van der Waals surface area contributed by atoms with E-state index in [0.29, 0.717) is 20.5 Å². The van der Waals surface area contributed by atoms with Gasteiger partial charge in [0.25, 0.3) is 5.91 Å². The van der Waals surface area contributed by atoms with Crippen LogP contribution in [0.15, 0.2) is 47.5 Å². The third-order valence-corrected chi connectivity index (χ3v) is 8.14. The van der Waals surface area contributed by atoms with Gasteiger partial charge in [0.15, 0.2) is 5.69 Å². The summed E-state index contributed by atoms with van der Waals surface area (Å²) in [6.45, 7) is 1.51. The number of aromatic nitrogens is 6. The van der Waals surface area contributed by atoms with Gasteiger partial charge in [-0.1, -0.05) is 15.9 Å². The summed E-state index contributed by atoms with van der Waals surface area (Å²) in [5.41, 5.74) is -1.71. The molecule has 1 aliphatic rings. The first kappa shape index (κ1) is 33.1. The minimum Gasteiger partial charge on any atom is -0.348 e. The molecule has 1 atom stereocenters. The van der Waals surface area contributed by atoms with Crippen LogP contribution in [0.3, 0.4) is 0 Å². The Morgan fingerprint density at radius 2 is 1.83 bits per heavy atom. The third kappa shape index (κ3) is 6.93. The summed E-state index contributed by atoms with van der Waals surface area (Å²) in [4.78, 5) is 36.8. The van der Waals surface area contributed by atoms with Gasteiger partial charge >= 0.3 is 12.7 Å². The molecule has 17 heteroatoms. The number of hydrogen-bond donors (Lipinski definition) is 1. The molecule has 0 saturated carbocycles. The molecule has 3 aromatic heterocycles. The van der Waals surface area contributed by atoms with Gasteiger partial charge in [-0.3, -0.25) is 14.3 Å². The number of nitrogens with one attached hydrogen (secondary N) is 1. The number of carbonyl (C=O) groups excluding carboxylic acids is 2. The van der Waals surface area contributed by atoms with E-state index in [-0.39, 0.29) is 48.3 Å². The molecule has 4 heterocycles. The van der Waals surface area contributed by atoms with E-state index in [4.69, 9.17) is 0 Å². The van der Waals surface area contributed by atoms with E-state index in [0.717, 1.165) is 34.1 Å². The second-order valence-corrected chi connectivity index (χ2v) is 12.3. The predicted octanol–water partition coefficient (Wildman–Crippen LogP) is 5.37. The van der Waals surface area contributed by atoms with Gasteiger partial charge in [0.1, 0.15) is 17.7 Å². The SMILES string of the molecule is Cc1ncc(-c2cc(C(F)(F)F)nn2CC(C)(C)NC(=O)[C@@H](Cc2cnn(C(F)F)c2)N2CCc3c(Br)ccc(F)c3C2=O)cn1. The first-order valence-electron chi connectivity index (χ1n) is 13.9. The van der Waals surface area contributed by atoms with Gasteiger partial charge < -0.3 is 10.2 Å². The number of alkyl halides is 5. The number of hydrogen-bond acceptors (Lipinski definition) is 6. The molecular formula is C29H27BrF6N8O2. The van der Waals surface area contributed by atoms with Crippen LogP contribution in [0.1, 0.15) is 53.4 Å². The van der Waals surface area contributed by atoms with Crippen molar-refractivity contribution in [1.29, 1.82) is 0 Å². The molecule has 1 aliphatic heterocycles. The van der Waals surface area contributed by atoms with Gasteiger partial charge in [0.05, 0.1) is 29.5 Å². The number of rotatable bonds is 9. The van der Waals surface area contributed by atoms with Crippen LogP contribution in [0.4, 0.5) is 26.3 Å². The summed E-state index contributed by atoms with van der Waals surface area (Å²) >= 11 is 3.33. The first-order chi connectivity index (χ1) is 21.5. The molecule has 244 valence electrons. The Balaban J connectivity index is 1.46. The fourth-order valence-corrected chi connectivity index (χ4v) is 5.79. The average Bonchev–Trinajstić information content (AvgIpc) is 3.61. The van der Waals surface area contributed by atoms with Crippen molar-refractivity contribution >= 4 is 27.7 Å². The van der Waals surface area contributed by atoms with Crippen molar-refractivity contribution < 1.29 is 35.9 Å². The smallest absolute Gasteiger partial charge is 0.348 e. The molecule has 4 aromatic rings. The summed E-state index contributed by atoms with van der Waals surface area (Å²) in [6, 6.07) is 2.12. The van der Waals surface area contributed by atoms with Crippen molar-refractivity contribution in [3.05, 3.63) is 81.5 Å². The molecule has 0 fully saturated rings. The second kappa shape index (κ2) is 12.5. The zero-order chi connectivity index (χ0) is 33.6. The fraction of sp³-hybridized carbons (Fsp3) is 0.379. The Morgan fingerprint density at radius 3 is 2.46 bits per heavy atom. The molecular weight excluding hydrogens is 686 g/mol. The largest absolute Gasteiger partial charge is 0.435 e. The first-order valence-corrected chi connectivity index (χ1v) is 14.7. The Morgan fingerprint density at radius 1 is 1.13 bits per heavy atom. The van der Waals surface area contributed by atoms with Crippen LogP contribution in [0.5, 0.6) is 0 Å². The molecule has 2 amide bonds. The van der Waals surface area contributed by atoms with Crippen LogP contribution < -0.4 is 5.32 Å². The second-order valence-electron chi connectivity index (χ2n) is 11.4. The van der Waals surface area contributed by atoms with Crippen molar-refractivity contribution in [3.63, 3.8) is 0 Å². The van der Waals surface area contributed by atoms with Crippen LogP contribution in [0, 0.1) is 12.7 Å². The molecule has 10 nitrogen and oxygen atoms in total. The lowest BCUT2D eigenvalue weighted by molar-refractivity contribution is -0.141. The number of carbonyl (C=O) groups is 2. The summed E-state index contributed by atoms with van der Waals surface area (Å²) < 4.78 is 84.4. The number of fused-ring (bicyclic) bond motifs is 1. The summed E-state index contributed by atoms with van der Waals surface area (Å²) in [5, 5.41) is 10.1. The maximum absolute atomic E-state index is 14.9. The fourth-order valence-electron chi connectivity index (χ4n) is 5.27. The van der Waals surface area contributed by atoms with Crippen LogP contribution in [0.25, 0.3) is 11.3 Å². The lowest BCUT2D eigenvalue weighted by Crippen LogP contribution is -2.58. The van der Waals surface area contributed by atoms with Gasteiger partial charge in [0.2, 0.25) is 5.91 Å². The third-order valence-electron chi connectivity index (χ3n) is 7.40. The zero-order valence-electron chi connectivity index (χ0n) is 24.6. The molecule has 0 unspecified atom stereocenters. The molecule has 0 saturated heterocycles. The van der Waals surface area contributed by atoms with E-state index in [2.05, 4.69) is 41.4 Å². The molecule has 1 N–H and O–H groups in total. The van der Waals surface area contributed by atoms with Gasteiger partial charge in [0, 0.05) is 41.6 Å². The van der Waals surface area contributed by atoms with Crippen molar-refractivity contribution in [3.8, 4) is 11.3 Å². The average molecular weight is 713 g/mol. The minimum absolute atomic E-state index is 0.00105. The van der Waals surface area contributed by atoms with Crippen molar-refractivity contribution in [2.75, 3.05) is 6.54 Å². The number of aryl methyl sites for hydroxylation is 1. The molecule has 1 aromatic carbocycles. The number of nitrogens with zero attached hydrogens (tertiary/aromatic N) is 7. The highest BCUT2D eigenvalue weighted by Crippen LogP contribution is 2.33. The van der Waals surface area contributed by atoms with E-state index in [1.807, 2.05) is 0 Å². The standard InChI is InChI=1S/C29H27BrF6N8O2/c1-15-37-11-17(12-38-15)21-9-23(29(34,35)36)41-44(21)14-28(2,3)40-25(45)22(8-16-10-39-43(13-16)27(32)33)42-7-6-18-19(30)4-5-20(31)24(18)26(42)46/h4-5,9-13,22,27H,6-8,14H2,1-3H3,(H,40,45)/t22-/m1/s1. The Labute approximate surface area is 266 Å². The highest BCUT2D eigenvalue weighted by Gasteiger charge is 2.40. The number of amides is 2. The number of halogens is 7. The molecule has 0 aliphatic carbocycles. The highest BCUT2D eigenvalue weighted by atomic mass is 79.9. The topological polar surface area (TPSA) is 111 Å². The van der Waals surface area contributed by atoms with Gasteiger partial charge in [-0.25, -0.2) is 19.0 Å². The van der Waals surface area contributed by atoms with Crippen LogP contribution in [-0.4, -0.2) is 64.4 Å². The predicted molar refractivity (Wildman–Crippen MR) is 155 cm³/mol.